The molecule has 0 atom stereocenters. The van der Waals surface area contributed by atoms with Crippen LogP contribution in [-0.4, -0.2) is 73.0 Å². The fraction of sp³-hybridized carbons (Fsp3) is 0.650. The zero-order valence-electron chi connectivity index (χ0n) is 15.8. The molecule has 2 aliphatic heterocycles. The molecule has 2 fully saturated rings. The molecule has 1 aromatic carbocycles. The van der Waals surface area contributed by atoms with Gasteiger partial charge in [0.15, 0.2) is 0 Å². The molecule has 1 N–H and O–H groups in total. The molecule has 3 rings (SSSR count). The van der Waals surface area contributed by atoms with Crippen molar-refractivity contribution in [2.24, 2.45) is 0 Å². The first-order valence-electron chi connectivity index (χ1n) is 9.46. The van der Waals surface area contributed by atoms with E-state index in [1.54, 1.807) is 7.11 Å². The van der Waals surface area contributed by atoms with Gasteiger partial charge < -0.3 is 24.4 Å². The predicted octanol–water partition coefficient (Wildman–Crippen LogP) is 2.30. The number of carbonyl (C=O) groups excluding carboxylic acids is 1. The summed E-state index contributed by atoms with van der Waals surface area (Å²) in [5.41, 5.74) is 0.222. The lowest BCUT2D eigenvalue weighted by molar-refractivity contribution is -0.0175. The lowest BCUT2D eigenvalue weighted by Crippen LogP contribution is -2.53. The summed E-state index contributed by atoms with van der Waals surface area (Å²) in [7, 11) is 3.53. The first-order chi connectivity index (χ1) is 12.5. The van der Waals surface area contributed by atoms with Gasteiger partial charge in [-0.3, -0.25) is 0 Å². The number of amides is 2. The first-order valence-corrected chi connectivity index (χ1v) is 9.46. The van der Waals surface area contributed by atoms with E-state index in [0.717, 1.165) is 37.4 Å². The van der Waals surface area contributed by atoms with Crippen LogP contribution >= 0.6 is 0 Å². The van der Waals surface area contributed by atoms with E-state index in [-0.39, 0.29) is 12.1 Å². The molecule has 2 amide bonds. The summed E-state index contributed by atoms with van der Waals surface area (Å²) in [6.45, 7) is 2.61. The van der Waals surface area contributed by atoms with Crippen LogP contribution in [0.3, 0.4) is 0 Å². The van der Waals surface area contributed by atoms with Crippen LogP contribution < -0.4 is 4.74 Å². The number of hydrogen-bond donors (Lipinski definition) is 1. The Morgan fingerprint density at radius 1 is 1.31 bits per heavy atom. The van der Waals surface area contributed by atoms with Crippen molar-refractivity contribution in [1.29, 1.82) is 0 Å². The van der Waals surface area contributed by atoms with Crippen LogP contribution in [0.15, 0.2) is 24.3 Å². The second-order valence-corrected chi connectivity index (χ2v) is 7.44. The Hall–Kier alpha value is -1.79. The molecule has 0 unspecified atom stereocenters. The zero-order valence-corrected chi connectivity index (χ0v) is 15.8. The van der Waals surface area contributed by atoms with Gasteiger partial charge in [0, 0.05) is 45.8 Å². The quantitative estimate of drug-likeness (QED) is 0.893. The average molecular weight is 362 g/mol. The van der Waals surface area contributed by atoms with E-state index in [9.17, 15) is 9.90 Å². The van der Waals surface area contributed by atoms with Gasteiger partial charge in [-0.15, -0.1) is 0 Å². The Kier molecular flexibility index (Phi) is 6.04. The fourth-order valence-electron chi connectivity index (χ4n) is 3.95. The number of hydrogen-bond acceptors (Lipinski definition) is 4. The van der Waals surface area contributed by atoms with Crippen LogP contribution in [0, 0.1) is 0 Å². The minimum atomic E-state index is -0.789. The van der Waals surface area contributed by atoms with E-state index < -0.39 is 5.60 Å². The molecule has 2 aliphatic rings. The van der Waals surface area contributed by atoms with Gasteiger partial charge in [0.25, 0.3) is 0 Å². The molecule has 0 bridgehead atoms. The molecule has 6 nitrogen and oxygen atoms in total. The number of ether oxygens (including phenoxy) is 2. The molecule has 26 heavy (non-hydrogen) atoms. The van der Waals surface area contributed by atoms with Crippen LogP contribution in [0.2, 0.25) is 0 Å². The van der Waals surface area contributed by atoms with Crippen molar-refractivity contribution in [1.82, 2.24) is 9.80 Å². The summed E-state index contributed by atoms with van der Waals surface area (Å²) >= 11 is 0. The summed E-state index contributed by atoms with van der Waals surface area (Å²) in [5.74, 6) is 0.804. The highest BCUT2D eigenvalue weighted by Crippen LogP contribution is 2.30. The molecule has 1 aromatic rings. The third kappa shape index (κ3) is 4.30. The van der Waals surface area contributed by atoms with Gasteiger partial charge in [-0.25, -0.2) is 4.79 Å². The van der Waals surface area contributed by atoms with Crippen LogP contribution in [0.1, 0.15) is 31.2 Å². The monoisotopic (exact) mass is 362 g/mol. The summed E-state index contributed by atoms with van der Waals surface area (Å²) in [4.78, 5) is 16.5. The molecule has 0 saturated carbocycles. The number of para-hydroxylation sites is 1. The van der Waals surface area contributed by atoms with Crippen LogP contribution in [-0.2, 0) is 11.2 Å². The van der Waals surface area contributed by atoms with Crippen LogP contribution in [0.4, 0.5) is 4.79 Å². The maximum absolute atomic E-state index is 12.8. The van der Waals surface area contributed by atoms with Crippen molar-refractivity contribution < 1.29 is 19.4 Å². The van der Waals surface area contributed by atoms with Gasteiger partial charge >= 0.3 is 6.03 Å². The summed E-state index contributed by atoms with van der Waals surface area (Å²) in [6.07, 6.45) is 3.51. The third-order valence-electron chi connectivity index (χ3n) is 5.72. The zero-order chi connectivity index (χ0) is 18.6. The van der Waals surface area contributed by atoms with Crippen molar-refractivity contribution in [3.05, 3.63) is 29.8 Å². The standard InChI is InChI=1S/C20H30N2O4/c1-21(17-7-13-26-14-8-17)19(23)22-11-9-20(24,10-12-22)15-16-5-3-4-6-18(16)25-2/h3-6,17,24H,7-15H2,1-2H3. The highest BCUT2D eigenvalue weighted by Gasteiger charge is 2.36. The van der Waals surface area contributed by atoms with E-state index in [1.165, 1.54) is 0 Å². The average Bonchev–Trinajstić information content (AvgIpc) is 2.68. The molecule has 0 aromatic heterocycles. The first kappa shape index (κ1) is 19.0. The third-order valence-corrected chi connectivity index (χ3v) is 5.72. The maximum Gasteiger partial charge on any atom is 0.319 e. The van der Waals surface area contributed by atoms with Crippen molar-refractivity contribution in [2.75, 3.05) is 40.5 Å². The Balaban J connectivity index is 1.56. The highest BCUT2D eigenvalue weighted by molar-refractivity contribution is 5.74. The summed E-state index contributed by atoms with van der Waals surface area (Å²) < 4.78 is 10.8. The Labute approximate surface area is 155 Å². The van der Waals surface area contributed by atoms with Crippen molar-refractivity contribution in [2.45, 2.75) is 43.7 Å². The number of rotatable bonds is 4. The molecular formula is C20H30N2O4. The van der Waals surface area contributed by atoms with E-state index in [0.29, 0.717) is 32.4 Å². The van der Waals surface area contributed by atoms with Gasteiger partial charge in [-0.05, 0) is 37.3 Å². The number of piperidine rings is 1. The smallest absolute Gasteiger partial charge is 0.319 e. The topological polar surface area (TPSA) is 62.2 Å². The number of benzene rings is 1. The molecule has 0 radical (unpaired) electrons. The number of aliphatic hydroxyl groups is 1. The molecule has 0 spiro atoms. The number of methoxy groups -OCH3 is 1. The lowest BCUT2D eigenvalue weighted by atomic mass is 9.85. The molecule has 2 heterocycles. The second kappa shape index (κ2) is 8.27. The normalized spacial score (nSPS) is 20.7. The fourth-order valence-corrected chi connectivity index (χ4v) is 3.95. The molecule has 0 aliphatic carbocycles. The van der Waals surface area contributed by atoms with Crippen molar-refractivity contribution >= 4 is 6.03 Å². The minimum Gasteiger partial charge on any atom is -0.496 e. The molecule has 6 heteroatoms. The summed E-state index contributed by atoms with van der Waals surface area (Å²) in [6, 6.07) is 8.12. The SMILES string of the molecule is COc1ccccc1CC1(O)CCN(C(=O)N(C)C2CCOCC2)CC1. The Morgan fingerprint density at radius 3 is 2.62 bits per heavy atom. The number of nitrogens with zero attached hydrogens (tertiary/aromatic N) is 2. The number of urea groups is 1. The van der Waals surface area contributed by atoms with E-state index in [4.69, 9.17) is 9.47 Å². The molecule has 2 saturated heterocycles. The van der Waals surface area contributed by atoms with Crippen molar-refractivity contribution in [3.63, 3.8) is 0 Å². The van der Waals surface area contributed by atoms with Crippen LogP contribution in [0.5, 0.6) is 5.75 Å². The van der Waals surface area contributed by atoms with Gasteiger partial charge in [0.05, 0.1) is 12.7 Å². The van der Waals surface area contributed by atoms with Crippen LogP contribution in [0.25, 0.3) is 0 Å². The largest absolute Gasteiger partial charge is 0.496 e. The van der Waals surface area contributed by atoms with Crippen molar-refractivity contribution in [3.8, 4) is 5.75 Å². The van der Waals surface area contributed by atoms with Gasteiger partial charge in [0.1, 0.15) is 5.75 Å². The second-order valence-electron chi connectivity index (χ2n) is 7.44. The predicted molar refractivity (Wildman–Crippen MR) is 99.5 cm³/mol. The Morgan fingerprint density at radius 2 is 1.96 bits per heavy atom. The maximum atomic E-state index is 12.8. The van der Waals surface area contributed by atoms with E-state index in [2.05, 4.69) is 0 Å². The highest BCUT2D eigenvalue weighted by atomic mass is 16.5. The van der Waals surface area contributed by atoms with E-state index >= 15 is 0 Å². The lowest BCUT2D eigenvalue weighted by Gasteiger charge is -2.41. The molecule has 144 valence electrons. The Bertz CT molecular complexity index is 608. The number of likely N-dealkylation sites (tertiary alicyclic amines) is 1. The van der Waals surface area contributed by atoms with Gasteiger partial charge in [-0.2, -0.15) is 0 Å². The molecular weight excluding hydrogens is 332 g/mol. The minimum absolute atomic E-state index is 0.0660. The van der Waals surface area contributed by atoms with E-state index in [1.807, 2.05) is 41.1 Å². The van der Waals surface area contributed by atoms with Gasteiger partial charge in [-0.1, -0.05) is 18.2 Å². The summed E-state index contributed by atoms with van der Waals surface area (Å²) in [5, 5.41) is 11.0. The van der Waals surface area contributed by atoms with Gasteiger partial charge in [0.2, 0.25) is 0 Å². The number of carbonyl (C=O) groups is 1.